The first-order valence-electron chi connectivity index (χ1n) is 5.77. The summed E-state index contributed by atoms with van der Waals surface area (Å²) in [5.41, 5.74) is 0.518. The highest BCUT2D eigenvalue weighted by atomic mass is 32.1. The Labute approximate surface area is 110 Å². The molecule has 0 aromatic carbocycles. The molecule has 0 spiro atoms. The summed E-state index contributed by atoms with van der Waals surface area (Å²) >= 11 is 1.32. The monoisotopic (exact) mass is 266 g/mol. The summed E-state index contributed by atoms with van der Waals surface area (Å²) in [6, 6.07) is 1.61. The second-order valence-corrected chi connectivity index (χ2v) is 4.76. The molecule has 1 aliphatic rings. The Kier molecular flexibility index (Phi) is 4.18. The second-order valence-electron chi connectivity index (χ2n) is 3.73. The van der Waals surface area contributed by atoms with E-state index < -0.39 is 0 Å². The molecule has 1 aromatic heterocycles. The van der Waals surface area contributed by atoms with Gasteiger partial charge in [0.15, 0.2) is 0 Å². The van der Waals surface area contributed by atoms with E-state index in [2.05, 4.69) is 9.74 Å². The Hall–Kier alpha value is -1.58. The van der Waals surface area contributed by atoms with Crippen LogP contribution in [0, 0.1) is 6.57 Å². The molecule has 0 radical (unpaired) electrons. The van der Waals surface area contributed by atoms with E-state index in [0.29, 0.717) is 30.4 Å². The summed E-state index contributed by atoms with van der Waals surface area (Å²) in [4.78, 5) is 17.7. The van der Waals surface area contributed by atoms with Gasteiger partial charge in [0.25, 0.3) is 0 Å². The van der Waals surface area contributed by atoms with Crippen LogP contribution in [-0.2, 0) is 9.47 Å². The molecule has 6 heteroatoms. The fourth-order valence-corrected chi connectivity index (χ4v) is 2.79. The number of hydrogen-bond acceptors (Lipinski definition) is 5. The zero-order valence-electron chi connectivity index (χ0n) is 10.1. The predicted molar refractivity (Wildman–Crippen MR) is 69.6 cm³/mol. The van der Waals surface area contributed by atoms with Gasteiger partial charge in [-0.1, -0.05) is 0 Å². The molecule has 0 N–H and O–H groups in total. The van der Waals surface area contributed by atoms with Gasteiger partial charge in [0, 0.05) is 13.1 Å². The van der Waals surface area contributed by atoms with Crippen molar-refractivity contribution in [1.82, 2.24) is 0 Å². The summed E-state index contributed by atoms with van der Waals surface area (Å²) in [5.74, 6) is -0.355. The Morgan fingerprint density at radius 1 is 1.61 bits per heavy atom. The maximum Gasteiger partial charge on any atom is 0.347 e. The first-order valence-corrected chi connectivity index (χ1v) is 6.59. The van der Waals surface area contributed by atoms with E-state index in [0.717, 1.165) is 18.1 Å². The van der Waals surface area contributed by atoms with E-state index in [9.17, 15) is 4.79 Å². The van der Waals surface area contributed by atoms with E-state index >= 15 is 0 Å². The fraction of sp³-hybridized carbons (Fsp3) is 0.500. The molecule has 1 aliphatic heterocycles. The molecular formula is C12H14N2O3S. The lowest BCUT2D eigenvalue weighted by atomic mass is 10.3. The van der Waals surface area contributed by atoms with Crippen LogP contribution >= 0.6 is 11.3 Å². The molecule has 2 rings (SSSR count). The molecule has 1 saturated heterocycles. The van der Waals surface area contributed by atoms with Crippen LogP contribution in [-0.4, -0.2) is 38.9 Å². The third kappa shape index (κ3) is 2.63. The largest absolute Gasteiger partial charge is 0.462 e. The first kappa shape index (κ1) is 12.9. The molecule has 0 unspecified atom stereocenters. The van der Waals surface area contributed by atoms with Gasteiger partial charge in [0.2, 0.25) is 5.69 Å². The lowest BCUT2D eigenvalue weighted by Gasteiger charge is -2.27. The normalized spacial score (nSPS) is 15.2. The number of carbonyl (C=O) groups is 1. The van der Waals surface area contributed by atoms with Crippen molar-refractivity contribution in [2.45, 2.75) is 6.92 Å². The average molecular weight is 266 g/mol. The molecule has 1 fully saturated rings. The second kappa shape index (κ2) is 5.85. The summed E-state index contributed by atoms with van der Waals surface area (Å²) < 4.78 is 10.2. The smallest absolute Gasteiger partial charge is 0.347 e. The zero-order chi connectivity index (χ0) is 13.0. The number of anilines is 1. The third-order valence-corrected chi connectivity index (χ3v) is 3.75. The third-order valence-electron chi connectivity index (χ3n) is 2.59. The van der Waals surface area contributed by atoms with Gasteiger partial charge in [-0.05, 0) is 13.0 Å². The standard InChI is InChI=1S/C12H14N2O3S/c1-3-17-12(15)10-8-9(13-2)11(18-10)14-4-6-16-7-5-14/h8H,3-7H2,1H3. The molecule has 0 atom stereocenters. The molecule has 2 heterocycles. The molecular weight excluding hydrogens is 252 g/mol. The minimum atomic E-state index is -0.355. The summed E-state index contributed by atoms with van der Waals surface area (Å²) in [6.07, 6.45) is 0. The van der Waals surface area contributed by atoms with Crippen molar-refractivity contribution >= 4 is 28.0 Å². The zero-order valence-corrected chi connectivity index (χ0v) is 11.0. The lowest BCUT2D eigenvalue weighted by molar-refractivity contribution is 0.0532. The number of nitrogens with zero attached hydrogens (tertiary/aromatic N) is 2. The van der Waals surface area contributed by atoms with E-state index in [-0.39, 0.29) is 5.97 Å². The summed E-state index contributed by atoms with van der Waals surface area (Å²) in [6.45, 7) is 12.1. The topological polar surface area (TPSA) is 43.1 Å². The number of rotatable bonds is 3. The molecule has 96 valence electrons. The van der Waals surface area contributed by atoms with E-state index in [4.69, 9.17) is 16.0 Å². The van der Waals surface area contributed by atoms with Crippen molar-refractivity contribution in [3.8, 4) is 0 Å². The highest BCUT2D eigenvalue weighted by molar-refractivity contribution is 7.18. The average Bonchev–Trinajstić information content (AvgIpc) is 2.84. The van der Waals surface area contributed by atoms with Crippen molar-refractivity contribution in [1.29, 1.82) is 0 Å². The highest BCUT2D eigenvalue weighted by Gasteiger charge is 2.21. The Bertz CT molecular complexity index is 472. The van der Waals surface area contributed by atoms with Gasteiger partial charge < -0.3 is 14.4 Å². The molecule has 0 aliphatic carbocycles. The number of hydrogen-bond donors (Lipinski definition) is 0. The maximum atomic E-state index is 11.7. The number of ether oxygens (including phenoxy) is 2. The van der Waals surface area contributed by atoms with Gasteiger partial charge in [0.05, 0.1) is 31.4 Å². The number of carbonyl (C=O) groups excluding carboxylic acids is 1. The van der Waals surface area contributed by atoms with Crippen LogP contribution < -0.4 is 4.90 Å². The van der Waals surface area contributed by atoms with Crippen molar-refractivity contribution < 1.29 is 14.3 Å². The molecule has 5 nitrogen and oxygen atoms in total. The quantitative estimate of drug-likeness (QED) is 0.622. The number of esters is 1. The fourth-order valence-electron chi connectivity index (χ4n) is 1.75. The number of morpholine rings is 1. The van der Waals surface area contributed by atoms with Crippen LogP contribution in [0.25, 0.3) is 4.85 Å². The first-order chi connectivity index (χ1) is 8.76. The van der Waals surface area contributed by atoms with Gasteiger partial charge in [-0.2, -0.15) is 0 Å². The van der Waals surface area contributed by atoms with E-state index in [1.165, 1.54) is 11.3 Å². The van der Waals surface area contributed by atoms with Crippen LogP contribution in [0.2, 0.25) is 0 Å². The highest BCUT2D eigenvalue weighted by Crippen LogP contribution is 2.38. The van der Waals surface area contributed by atoms with Gasteiger partial charge >= 0.3 is 5.97 Å². The van der Waals surface area contributed by atoms with Gasteiger partial charge in [-0.25, -0.2) is 9.64 Å². The van der Waals surface area contributed by atoms with Gasteiger partial charge in [-0.15, -0.1) is 11.3 Å². The van der Waals surface area contributed by atoms with Crippen LogP contribution in [0.1, 0.15) is 16.6 Å². The van der Waals surface area contributed by atoms with Crippen LogP contribution in [0.15, 0.2) is 6.07 Å². The van der Waals surface area contributed by atoms with Crippen LogP contribution in [0.3, 0.4) is 0 Å². The van der Waals surface area contributed by atoms with Crippen molar-refractivity contribution in [3.63, 3.8) is 0 Å². The Balaban J connectivity index is 2.24. The molecule has 18 heavy (non-hydrogen) atoms. The van der Waals surface area contributed by atoms with E-state index in [1.807, 2.05) is 0 Å². The Morgan fingerprint density at radius 2 is 2.33 bits per heavy atom. The van der Waals surface area contributed by atoms with E-state index in [1.54, 1.807) is 13.0 Å². The van der Waals surface area contributed by atoms with Crippen LogP contribution in [0.5, 0.6) is 0 Å². The minimum absolute atomic E-state index is 0.344. The van der Waals surface area contributed by atoms with Crippen molar-refractivity contribution in [2.24, 2.45) is 0 Å². The SMILES string of the molecule is [C-]#[N+]c1cc(C(=O)OCC)sc1N1CCOCC1. The molecule has 1 aromatic rings. The molecule has 0 bridgehead atoms. The van der Waals surface area contributed by atoms with Crippen molar-refractivity contribution in [3.05, 3.63) is 22.4 Å². The summed E-state index contributed by atoms with van der Waals surface area (Å²) in [7, 11) is 0. The Morgan fingerprint density at radius 3 is 2.94 bits per heavy atom. The van der Waals surface area contributed by atoms with Gasteiger partial charge in [0.1, 0.15) is 4.88 Å². The predicted octanol–water partition coefficient (Wildman–Crippen LogP) is 2.31. The lowest BCUT2D eigenvalue weighted by Crippen LogP contribution is -2.35. The molecule has 0 amide bonds. The van der Waals surface area contributed by atoms with Crippen LogP contribution in [0.4, 0.5) is 10.7 Å². The maximum absolute atomic E-state index is 11.7. The minimum Gasteiger partial charge on any atom is -0.462 e. The molecule has 0 saturated carbocycles. The van der Waals surface area contributed by atoms with Crippen molar-refractivity contribution in [2.75, 3.05) is 37.8 Å². The van der Waals surface area contributed by atoms with Gasteiger partial charge in [-0.3, -0.25) is 0 Å². The summed E-state index contributed by atoms with van der Waals surface area (Å²) in [5, 5.41) is 0.844. The number of thiophene rings is 1.